The van der Waals surface area contributed by atoms with Gasteiger partial charge in [0, 0.05) is 11.8 Å². The summed E-state index contributed by atoms with van der Waals surface area (Å²) in [6, 6.07) is 14.8. The maximum atomic E-state index is 13.6. The van der Waals surface area contributed by atoms with Crippen molar-refractivity contribution < 1.29 is 52.7 Å². The number of rotatable bonds is 6. The van der Waals surface area contributed by atoms with Gasteiger partial charge in [0.15, 0.2) is 0 Å². The van der Waals surface area contributed by atoms with Crippen molar-refractivity contribution in [1.82, 2.24) is 0 Å². The minimum absolute atomic E-state index is 0.127. The highest BCUT2D eigenvalue weighted by Crippen LogP contribution is 2.44. The first-order valence-corrected chi connectivity index (χ1v) is 12.5. The van der Waals surface area contributed by atoms with Crippen LogP contribution in [0.25, 0.3) is 0 Å². The Labute approximate surface area is 237 Å². The molecule has 0 nitrogen and oxygen atoms in total. The summed E-state index contributed by atoms with van der Waals surface area (Å²) in [4.78, 5) is 0. The van der Waals surface area contributed by atoms with Gasteiger partial charge in [-0.2, -0.15) is 52.7 Å². The zero-order valence-electron chi connectivity index (χ0n) is 21.6. The maximum absolute atomic E-state index is 13.6. The number of alkyl halides is 12. The van der Waals surface area contributed by atoms with E-state index >= 15 is 0 Å². The topological polar surface area (TPSA) is 0 Å². The molecule has 0 unspecified atom stereocenters. The van der Waals surface area contributed by atoms with E-state index in [0.717, 1.165) is 48.5 Å². The molecule has 4 rings (SSSR count). The van der Waals surface area contributed by atoms with Crippen molar-refractivity contribution in [3.8, 4) is 0 Å². The molecular formula is C31H20F12. The lowest BCUT2D eigenvalue weighted by atomic mass is 9.77. The van der Waals surface area contributed by atoms with E-state index in [-0.39, 0.29) is 22.3 Å². The molecule has 0 spiro atoms. The van der Waals surface area contributed by atoms with Crippen LogP contribution in [0.15, 0.2) is 97.1 Å². The molecule has 0 fully saturated rings. The third-order valence-corrected chi connectivity index (χ3v) is 6.94. The molecule has 0 radical (unpaired) electrons. The van der Waals surface area contributed by atoms with Crippen LogP contribution in [-0.4, -0.2) is 0 Å². The zero-order valence-corrected chi connectivity index (χ0v) is 21.6. The third kappa shape index (κ3) is 7.71. The SMILES string of the molecule is FC(F)(F)c1cccc(C(CC(c2cccc(C(F)(F)F)c2)c2cccc(C(F)(F)F)c2)c2cccc(C(F)(F)F)c2)c1. The Bertz CT molecular complexity index is 1330. The molecule has 0 aliphatic carbocycles. The summed E-state index contributed by atoms with van der Waals surface area (Å²) in [6.07, 6.45) is -19.8. The molecule has 0 aromatic heterocycles. The van der Waals surface area contributed by atoms with Gasteiger partial charge in [0.25, 0.3) is 0 Å². The largest absolute Gasteiger partial charge is 0.416 e. The first kappa shape index (κ1) is 32.0. The van der Waals surface area contributed by atoms with E-state index in [9.17, 15) is 52.7 Å². The van der Waals surface area contributed by atoms with E-state index in [2.05, 4.69) is 0 Å². The van der Waals surface area contributed by atoms with Crippen molar-refractivity contribution in [1.29, 1.82) is 0 Å². The highest BCUT2D eigenvalue weighted by atomic mass is 19.4. The van der Waals surface area contributed by atoms with Gasteiger partial charge < -0.3 is 0 Å². The molecule has 0 bridgehead atoms. The van der Waals surface area contributed by atoms with Crippen LogP contribution in [0.5, 0.6) is 0 Å². The van der Waals surface area contributed by atoms with Crippen LogP contribution in [0.2, 0.25) is 0 Å². The van der Waals surface area contributed by atoms with E-state index in [1.54, 1.807) is 0 Å². The molecule has 0 saturated heterocycles. The lowest BCUT2D eigenvalue weighted by Gasteiger charge is -2.27. The van der Waals surface area contributed by atoms with Gasteiger partial charge >= 0.3 is 24.7 Å². The van der Waals surface area contributed by atoms with Crippen molar-refractivity contribution in [3.05, 3.63) is 142 Å². The van der Waals surface area contributed by atoms with E-state index < -0.39 is 65.2 Å². The van der Waals surface area contributed by atoms with E-state index in [1.807, 2.05) is 0 Å². The number of halogens is 12. The molecule has 0 atom stereocenters. The Morgan fingerprint density at radius 1 is 0.349 bits per heavy atom. The Kier molecular flexibility index (Phi) is 8.63. The summed E-state index contributed by atoms with van der Waals surface area (Å²) in [6.45, 7) is 0. The van der Waals surface area contributed by atoms with Crippen LogP contribution in [-0.2, 0) is 24.7 Å². The molecule has 0 aliphatic heterocycles. The van der Waals surface area contributed by atoms with Gasteiger partial charge in [-0.3, -0.25) is 0 Å². The molecule has 0 aliphatic rings. The normalized spacial score (nSPS) is 13.2. The Hall–Kier alpha value is -3.96. The fraction of sp³-hybridized carbons (Fsp3) is 0.226. The third-order valence-electron chi connectivity index (χ3n) is 6.94. The Morgan fingerprint density at radius 3 is 0.744 bits per heavy atom. The van der Waals surface area contributed by atoms with E-state index in [1.165, 1.54) is 24.3 Å². The van der Waals surface area contributed by atoms with Crippen molar-refractivity contribution in [2.24, 2.45) is 0 Å². The molecule has 0 saturated carbocycles. The smallest absolute Gasteiger partial charge is 0.166 e. The minimum Gasteiger partial charge on any atom is -0.166 e. The first-order chi connectivity index (χ1) is 19.8. The molecule has 0 heterocycles. The summed E-state index contributed by atoms with van der Waals surface area (Å²) in [7, 11) is 0. The van der Waals surface area contributed by atoms with Crippen molar-refractivity contribution in [3.63, 3.8) is 0 Å². The zero-order chi connectivity index (χ0) is 31.8. The van der Waals surface area contributed by atoms with Gasteiger partial charge in [-0.15, -0.1) is 0 Å². The molecule has 43 heavy (non-hydrogen) atoms. The quantitative estimate of drug-likeness (QED) is 0.188. The number of hydrogen-bond acceptors (Lipinski definition) is 0. The average molecular weight is 620 g/mol. The fourth-order valence-corrected chi connectivity index (χ4v) is 4.89. The van der Waals surface area contributed by atoms with E-state index in [0.29, 0.717) is 24.3 Å². The summed E-state index contributed by atoms with van der Waals surface area (Å²) in [5.41, 5.74) is -5.02. The van der Waals surface area contributed by atoms with Crippen molar-refractivity contribution in [2.45, 2.75) is 43.0 Å². The first-order valence-electron chi connectivity index (χ1n) is 12.5. The van der Waals surface area contributed by atoms with E-state index in [4.69, 9.17) is 0 Å². The average Bonchev–Trinajstić information content (AvgIpc) is 2.92. The molecule has 0 amide bonds. The molecular weight excluding hydrogens is 600 g/mol. The van der Waals surface area contributed by atoms with Gasteiger partial charge in [-0.05, 0) is 52.9 Å². The molecule has 4 aromatic carbocycles. The second-order valence-corrected chi connectivity index (χ2v) is 9.83. The van der Waals surface area contributed by atoms with Gasteiger partial charge in [0.1, 0.15) is 0 Å². The predicted octanol–water partition coefficient (Wildman–Crippen LogP) is 11.1. The van der Waals surface area contributed by atoms with Crippen LogP contribution in [0.3, 0.4) is 0 Å². The molecule has 228 valence electrons. The second kappa shape index (κ2) is 11.6. The lowest BCUT2D eigenvalue weighted by Crippen LogP contribution is -2.14. The summed E-state index contributed by atoms with van der Waals surface area (Å²) in [5, 5.41) is 0. The van der Waals surface area contributed by atoms with Crippen LogP contribution >= 0.6 is 0 Å². The van der Waals surface area contributed by atoms with Crippen LogP contribution < -0.4 is 0 Å². The fourth-order valence-electron chi connectivity index (χ4n) is 4.89. The number of hydrogen-bond donors (Lipinski definition) is 0. The predicted molar refractivity (Wildman–Crippen MR) is 134 cm³/mol. The van der Waals surface area contributed by atoms with Gasteiger partial charge in [-0.25, -0.2) is 0 Å². The monoisotopic (exact) mass is 620 g/mol. The van der Waals surface area contributed by atoms with Crippen LogP contribution in [0.1, 0.15) is 62.8 Å². The highest BCUT2D eigenvalue weighted by Gasteiger charge is 2.36. The van der Waals surface area contributed by atoms with Gasteiger partial charge in [-0.1, -0.05) is 72.8 Å². The van der Waals surface area contributed by atoms with Gasteiger partial charge in [0.2, 0.25) is 0 Å². The molecule has 0 N–H and O–H groups in total. The molecule has 4 aromatic rings. The van der Waals surface area contributed by atoms with Crippen LogP contribution in [0, 0.1) is 0 Å². The van der Waals surface area contributed by atoms with Gasteiger partial charge in [0.05, 0.1) is 22.3 Å². The van der Waals surface area contributed by atoms with Crippen molar-refractivity contribution in [2.75, 3.05) is 0 Å². The summed E-state index contributed by atoms with van der Waals surface area (Å²) < 4.78 is 163. The highest BCUT2D eigenvalue weighted by molar-refractivity contribution is 5.43. The second-order valence-electron chi connectivity index (χ2n) is 9.83. The Morgan fingerprint density at radius 2 is 0.558 bits per heavy atom. The summed E-state index contributed by atoms with van der Waals surface area (Å²) in [5.74, 6) is -2.61. The lowest BCUT2D eigenvalue weighted by molar-refractivity contribution is -0.138. The molecule has 12 heteroatoms. The summed E-state index contributed by atoms with van der Waals surface area (Å²) >= 11 is 0. The minimum atomic E-state index is -4.84. The number of benzene rings is 4. The standard InChI is InChI=1S/C31H20F12/c32-28(33,34)22-9-1-5-18(13-22)26(19-6-2-10-23(14-19)29(35,36)37)17-27(20-7-3-11-24(15-20)30(38,39)40)21-8-4-12-25(16-21)31(41,42)43/h1-16,26-27H,17H2. The maximum Gasteiger partial charge on any atom is 0.416 e. The Balaban J connectivity index is 1.95. The van der Waals surface area contributed by atoms with Crippen molar-refractivity contribution >= 4 is 0 Å². The van der Waals surface area contributed by atoms with Crippen LogP contribution in [0.4, 0.5) is 52.7 Å².